The van der Waals surface area contributed by atoms with E-state index < -0.39 is 0 Å². The summed E-state index contributed by atoms with van der Waals surface area (Å²) in [5.41, 5.74) is 1.83. The number of hydrogen-bond donors (Lipinski definition) is 1. The Morgan fingerprint density at radius 1 is 1.20 bits per heavy atom. The summed E-state index contributed by atoms with van der Waals surface area (Å²) in [4.78, 5) is 15.8. The highest BCUT2D eigenvalue weighted by atomic mass is 16.1. The average molecular weight is 263 g/mol. The number of carbonyl (C=O) groups excluding carboxylic acids is 1. The van der Waals surface area contributed by atoms with Crippen LogP contribution in [-0.2, 0) is 11.3 Å². The van der Waals surface area contributed by atoms with Crippen LogP contribution >= 0.6 is 0 Å². The Hall–Kier alpha value is -2.93. The van der Waals surface area contributed by atoms with Gasteiger partial charge in [-0.3, -0.25) is 9.78 Å². The van der Waals surface area contributed by atoms with E-state index in [2.05, 4.69) is 10.3 Å². The van der Waals surface area contributed by atoms with Gasteiger partial charge in [0, 0.05) is 18.9 Å². The molecule has 4 nitrogen and oxygen atoms in total. The fraction of sp³-hybridized carbons (Fsp3) is 0.0625. The molecule has 0 fully saturated rings. The zero-order valence-electron chi connectivity index (χ0n) is 10.8. The number of hydrogen-bond acceptors (Lipinski definition) is 3. The van der Waals surface area contributed by atoms with E-state index in [9.17, 15) is 4.79 Å². The molecule has 0 aliphatic carbocycles. The normalized spacial score (nSPS) is 10.7. The summed E-state index contributed by atoms with van der Waals surface area (Å²) < 4.78 is 0. The standard InChI is InChI=1S/C16H13N3O/c17-11-15(10-13-6-8-18-9-7-13)16(20)19-12-14-4-2-1-3-5-14/h1-10H,12H2,(H,19,20). The van der Waals surface area contributed by atoms with Gasteiger partial charge < -0.3 is 5.32 Å². The van der Waals surface area contributed by atoms with Crippen LogP contribution in [0.2, 0.25) is 0 Å². The van der Waals surface area contributed by atoms with Crippen LogP contribution in [0.5, 0.6) is 0 Å². The van der Waals surface area contributed by atoms with Crippen LogP contribution in [0.3, 0.4) is 0 Å². The molecule has 1 heterocycles. The minimum Gasteiger partial charge on any atom is -0.347 e. The Morgan fingerprint density at radius 2 is 1.90 bits per heavy atom. The van der Waals surface area contributed by atoms with E-state index in [1.165, 1.54) is 0 Å². The smallest absolute Gasteiger partial charge is 0.262 e. The van der Waals surface area contributed by atoms with Gasteiger partial charge in [-0.2, -0.15) is 5.26 Å². The second-order valence-electron chi connectivity index (χ2n) is 4.12. The van der Waals surface area contributed by atoms with Crippen molar-refractivity contribution in [2.75, 3.05) is 0 Å². The van der Waals surface area contributed by atoms with Gasteiger partial charge in [-0.15, -0.1) is 0 Å². The maximum absolute atomic E-state index is 11.9. The summed E-state index contributed by atoms with van der Waals surface area (Å²) >= 11 is 0. The van der Waals surface area contributed by atoms with Crippen molar-refractivity contribution in [1.82, 2.24) is 10.3 Å². The van der Waals surface area contributed by atoms with Crippen LogP contribution in [-0.4, -0.2) is 10.9 Å². The maximum Gasteiger partial charge on any atom is 0.262 e. The number of nitrogens with zero attached hydrogens (tertiary/aromatic N) is 2. The summed E-state index contributed by atoms with van der Waals surface area (Å²) in [6, 6.07) is 14.9. The molecule has 1 N–H and O–H groups in total. The van der Waals surface area contributed by atoms with Crippen LogP contribution < -0.4 is 5.32 Å². The molecule has 0 atom stereocenters. The van der Waals surface area contributed by atoms with E-state index in [0.717, 1.165) is 11.1 Å². The van der Waals surface area contributed by atoms with Crippen LogP contribution in [0.15, 0.2) is 60.4 Å². The number of nitrogens with one attached hydrogen (secondary N) is 1. The van der Waals surface area contributed by atoms with Crippen LogP contribution in [0.25, 0.3) is 6.08 Å². The monoisotopic (exact) mass is 263 g/mol. The maximum atomic E-state index is 11.9. The second-order valence-corrected chi connectivity index (χ2v) is 4.12. The first-order valence-corrected chi connectivity index (χ1v) is 6.13. The second kappa shape index (κ2) is 6.86. The molecule has 0 bridgehead atoms. The van der Waals surface area contributed by atoms with Crippen molar-refractivity contribution in [1.29, 1.82) is 5.26 Å². The minimum absolute atomic E-state index is 0.0760. The van der Waals surface area contributed by atoms with E-state index in [1.807, 2.05) is 36.4 Å². The number of pyridine rings is 1. The summed E-state index contributed by atoms with van der Waals surface area (Å²) in [7, 11) is 0. The Bertz CT molecular complexity index is 642. The molecule has 1 amide bonds. The molecule has 0 saturated heterocycles. The molecule has 1 aromatic heterocycles. The number of benzene rings is 1. The molecular weight excluding hydrogens is 250 g/mol. The fourth-order valence-corrected chi connectivity index (χ4v) is 1.65. The molecule has 0 spiro atoms. The SMILES string of the molecule is N#CC(=Cc1ccncc1)C(=O)NCc1ccccc1. The number of carbonyl (C=O) groups is 1. The molecule has 2 aromatic rings. The van der Waals surface area contributed by atoms with Crippen molar-refractivity contribution in [2.24, 2.45) is 0 Å². The third kappa shape index (κ3) is 3.79. The predicted molar refractivity (Wildman–Crippen MR) is 76.1 cm³/mol. The molecule has 98 valence electrons. The van der Waals surface area contributed by atoms with Gasteiger partial charge >= 0.3 is 0 Å². The van der Waals surface area contributed by atoms with Crippen LogP contribution in [0.1, 0.15) is 11.1 Å². The van der Waals surface area contributed by atoms with Gasteiger partial charge in [-0.1, -0.05) is 30.3 Å². The van der Waals surface area contributed by atoms with Gasteiger partial charge in [0.15, 0.2) is 0 Å². The van der Waals surface area contributed by atoms with Gasteiger partial charge in [-0.05, 0) is 29.3 Å². The van der Waals surface area contributed by atoms with Gasteiger partial charge in [0.05, 0.1) is 0 Å². The third-order valence-corrected chi connectivity index (χ3v) is 2.68. The molecule has 0 saturated carbocycles. The van der Waals surface area contributed by atoms with Crippen molar-refractivity contribution < 1.29 is 4.79 Å². The number of amides is 1. The minimum atomic E-state index is -0.381. The summed E-state index contributed by atoms with van der Waals surface area (Å²) in [6.45, 7) is 0.398. The highest BCUT2D eigenvalue weighted by molar-refractivity contribution is 6.01. The molecule has 0 aliphatic rings. The Balaban J connectivity index is 2.03. The first kappa shape index (κ1) is 13.5. The largest absolute Gasteiger partial charge is 0.347 e. The first-order chi connectivity index (χ1) is 9.79. The van der Waals surface area contributed by atoms with Gasteiger partial charge in [0.2, 0.25) is 0 Å². The quantitative estimate of drug-likeness (QED) is 0.680. The summed E-state index contributed by atoms with van der Waals surface area (Å²) in [5.74, 6) is -0.381. The molecule has 0 aliphatic heterocycles. The fourth-order valence-electron chi connectivity index (χ4n) is 1.65. The highest BCUT2D eigenvalue weighted by Gasteiger charge is 2.08. The lowest BCUT2D eigenvalue weighted by Gasteiger charge is -2.04. The number of aromatic nitrogens is 1. The lowest BCUT2D eigenvalue weighted by atomic mass is 10.1. The zero-order valence-corrected chi connectivity index (χ0v) is 10.8. The topological polar surface area (TPSA) is 65.8 Å². The molecular formula is C16H13N3O. The average Bonchev–Trinajstić information content (AvgIpc) is 2.52. The molecule has 1 aromatic carbocycles. The van der Waals surface area contributed by atoms with Crippen LogP contribution in [0, 0.1) is 11.3 Å². The first-order valence-electron chi connectivity index (χ1n) is 6.13. The van der Waals surface area contributed by atoms with Crippen molar-refractivity contribution in [2.45, 2.75) is 6.54 Å². The van der Waals surface area contributed by atoms with Gasteiger partial charge in [-0.25, -0.2) is 0 Å². The van der Waals surface area contributed by atoms with Crippen LogP contribution in [0.4, 0.5) is 0 Å². The van der Waals surface area contributed by atoms with E-state index >= 15 is 0 Å². The Kier molecular flexibility index (Phi) is 4.63. The zero-order chi connectivity index (χ0) is 14.2. The molecule has 4 heteroatoms. The molecule has 0 unspecified atom stereocenters. The number of rotatable bonds is 4. The summed E-state index contributed by atoms with van der Waals surface area (Å²) in [6.07, 6.45) is 4.77. The highest BCUT2D eigenvalue weighted by Crippen LogP contribution is 2.06. The van der Waals surface area contributed by atoms with E-state index in [4.69, 9.17) is 5.26 Å². The van der Waals surface area contributed by atoms with E-state index in [1.54, 1.807) is 30.6 Å². The van der Waals surface area contributed by atoms with Gasteiger partial charge in [0.25, 0.3) is 5.91 Å². The molecule has 2 rings (SSSR count). The van der Waals surface area contributed by atoms with Crippen molar-refractivity contribution in [3.63, 3.8) is 0 Å². The Labute approximate surface area is 117 Å². The lowest BCUT2D eigenvalue weighted by Crippen LogP contribution is -2.23. The van der Waals surface area contributed by atoms with Crippen molar-refractivity contribution >= 4 is 12.0 Å². The van der Waals surface area contributed by atoms with Crippen molar-refractivity contribution in [3.05, 3.63) is 71.6 Å². The Morgan fingerprint density at radius 3 is 2.55 bits per heavy atom. The summed E-state index contributed by atoms with van der Waals surface area (Å²) in [5, 5.41) is 11.8. The lowest BCUT2D eigenvalue weighted by molar-refractivity contribution is -0.117. The van der Waals surface area contributed by atoms with Crippen molar-refractivity contribution in [3.8, 4) is 6.07 Å². The van der Waals surface area contributed by atoms with E-state index in [0.29, 0.717) is 6.54 Å². The molecule has 0 radical (unpaired) electrons. The van der Waals surface area contributed by atoms with Gasteiger partial charge in [0.1, 0.15) is 11.6 Å². The predicted octanol–water partition coefficient (Wildman–Crippen LogP) is 2.30. The number of nitriles is 1. The van der Waals surface area contributed by atoms with E-state index in [-0.39, 0.29) is 11.5 Å². The molecule has 20 heavy (non-hydrogen) atoms. The third-order valence-electron chi connectivity index (χ3n) is 2.68.